The van der Waals surface area contributed by atoms with E-state index in [2.05, 4.69) is 9.97 Å². The van der Waals surface area contributed by atoms with Crippen molar-refractivity contribution in [2.45, 2.75) is 0 Å². The third-order valence-corrected chi connectivity index (χ3v) is 8.51. The molecule has 0 N–H and O–H groups in total. The predicted molar refractivity (Wildman–Crippen MR) is 265 cm³/mol. The molecule has 342 valence electrons. The van der Waals surface area contributed by atoms with E-state index in [4.69, 9.17) is 56.9 Å². The van der Waals surface area contributed by atoms with Crippen molar-refractivity contribution in [1.82, 2.24) is 9.97 Å². The number of aromatic nitrogens is 2. The minimum atomic E-state index is -1.13. The summed E-state index contributed by atoms with van der Waals surface area (Å²) in [5, 5.41) is 57.8. The van der Waals surface area contributed by atoms with Crippen LogP contribution in [0.1, 0.15) is 52.6 Å². The van der Waals surface area contributed by atoms with Crippen LogP contribution in [0.4, 0.5) is 0 Å². The second-order valence-electron chi connectivity index (χ2n) is 10.1. The van der Waals surface area contributed by atoms with Gasteiger partial charge >= 0.3 is 34.1 Å². The van der Waals surface area contributed by atoms with Crippen LogP contribution in [-0.4, -0.2) is 44.5 Å². The number of benzene rings is 4. The Morgan fingerprint density at radius 1 is 0.453 bits per heavy atom. The van der Waals surface area contributed by atoms with Gasteiger partial charge in [-0.25, -0.2) is 0 Å². The molecule has 2 radical (unpaired) electrons. The average molecular weight is 1490 g/mol. The Hall–Kier alpha value is -2.84. The Balaban J connectivity index is -0.000000328. The number of carbonyl (C=O) groups is 4. The van der Waals surface area contributed by atoms with E-state index in [1.165, 1.54) is 36.7 Å². The van der Waals surface area contributed by atoms with Crippen molar-refractivity contribution in [3.63, 3.8) is 0 Å². The van der Waals surface area contributed by atoms with Gasteiger partial charge in [0.25, 0.3) is 0 Å². The minimum absolute atomic E-state index is 0. The van der Waals surface area contributed by atoms with Crippen LogP contribution in [0, 0.1) is 36.9 Å². The van der Waals surface area contributed by atoms with Crippen molar-refractivity contribution in [2.24, 2.45) is 0 Å². The number of aromatic carboxylic acids is 4. The van der Waals surface area contributed by atoms with E-state index in [0.717, 1.165) is 14.3 Å². The van der Waals surface area contributed by atoms with Gasteiger partial charge in [0.2, 0.25) is 0 Å². The Morgan fingerprint density at radius 2 is 0.672 bits per heavy atom. The van der Waals surface area contributed by atoms with Crippen LogP contribution >= 0.6 is 137 Å². The van der Waals surface area contributed by atoms with E-state index in [-0.39, 0.29) is 67.1 Å². The van der Waals surface area contributed by atoms with Crippen molar-refractivity contribution < 1.29 is 73.7 Å². The fraction of sp³-hybridized carbons (Fsp3) is 0.0476. The molecular weight excluding hydrogens is 1470 g/mol. The van der Waals surface area contributed by atoms with Crippen molar-refractivity contribution in [1.29, 1.82) is 10.5 Å². The number of hydrogen-bond donors (Lipinski definition) is 0. The summed E-state index contributed by atoms with van der Waals surface area (Å²) in [4.78, 5) is 48.4. The molecule has 22 heteroatoms. The third kappa shape index (κ3) is 37.4. The maximum Gasteiger partial charge on any atom is 2.00 e. The van der Waals surface area contributed by atoms with E-state index in [1.54, 1.807) is 85.2 Å². The molecule has 0 amide bonds. The van der Waals surface area contributed by atoms with Gasteiger partial charge in [-0.1, -0.05) is 48.5 Å². The summed E-state index contributed by atoms with van der Waals surface area (Å²) in [6.45, 7) is 0. The largest absolute Gasteiger partial charge is 2.00 e. The zero-order valence-corrected chi connectivity index (χ0v) is 45.5. The molecular formula is C42H28Cl4Cu2I4N4O8. The number of carboxylic acids is 4. The first-order chi connectivity index (χ1) is 29.5. The topological polar surface area (TPSA) is 234 Å². The Kier molecular flexibility index (Phi) is 46.6. The molecule has 2 aromatic heterocycles. The van der Waals surface area contributed by atoms with Crippen LogP contribution in [0.5, 0.6) is 0 Å². The molecule has 0 bridgehead atoms. The minimum Gasteiger partial charge on any atom is -0.545 e. The standard InChI is InChI=1S/4C7H5IO2.2C6H4N2.2CH2Cl2.2Cu/c4*8-6-3-1-2-5(4-6)7(9)10;2*7-4-6-2-1-3-8-5-6;2*2-1-3;;/h4*1-4H,(H,9,10);2*1-3,5H;2*1H2;;/q;;;;;;;;2*+2/p-4. The Bertz CT molecular complexity index is 2060. The zero-order chi connectivity index (χ0) is 47.3. The summed E-state index contributed by atoms with van der Waals surface area (Å²) in [5.41, 5.74) is 2.12. The number of carbonyl (C=O) groups excluding carboxylic acids is 4. The maximum atomic E-state index is 10.2. The number of hydrogen-bond acceptors (Lipinski definition) is 12. The second kappa shape index (κ2) is 44.0. The first-order valence-corrected chi connectivity index (χ1v) is 22.7. The summed E-state index contributed by atoms with van der Waals surface area (Å²) in [5.74, 6) is -4.51. The number of halogens is 8. The summed E-state index contributed by atoms with van der Waals surface area (Å²) in [7, 11) is 0. The normalized spacial score (nSPS) is 8.34. The number of carboxylic acid groups (broad SMARTS) is 4. The molecule has 0 aliphatic heterocycles. The van der Waals surface area contributed by atoms with Crippen molar-refractivity contribution in [2.75, 3.05) is 10.7 Å². The fourth-order valence-electron chi connectivity index (χ4n) is 3.32. The monoisotopic (exact) mass is 1490 g/mol. The summed E-state index contributed by atoms with van der Waals surface area (Å²) < 4.78 is 3.61. The van der Waals surface area contributed by atoms with E-state index in [0.29, 0.717) is 11.1 Å². The summed E-state index contributed by atoms with van der Waals surface area (Å²) in [6.07, 6.45) is 6.34. The molecule has 6 rings (SSSR count). The molecule has 0 atom stereocenters. The molecule has 64 heavy (non-hydrogen) atoms. The van der Waals surface area contributed by atoms with Gasteiger partial charge in [0.05, 0.1) is 45.7 Å². The van der Waals surface area contributed by atoms with Crippen LogP contribution in [-0.2, 0) is 34.1 Å². The number of nitrogens with zero attached hydrogens (tertiary/aromatic N) is 4. The van der Waals surface area contributed by atoms with E-state index < -0.39 is 23.9 Å². The molecule has 0 fully saturated rings. The van der Waals surface area contributed by atoms with Crippen LogP contribution in [0.15, 0.2) is 146 Å². The number of rotatable bonds is 4. The van der Waals surface area contributed by atoms with Gasteiger partial charge < -0.3 is 39.6 Å². The van der Waals surface area contributed by atoms with Crippen molar-refractivity contribution >= 4 is 161 Å². The number of pyridine rings is 2. The van der Waals surface area contributed by atoms with Gasteiger partial charge in [-0.3, -0.25) is 9.97 Å². The first-order valence-electron chi connectivity index (χ1n) is 16.2. The zero-order valence-electron chi connectivity index (χ0n) is 32.0. The predicted octanol–water partition coefficient (Wildman–Crippen LogP) is 7.36. The first kappa shape index (κ1) is 67.7. The van der Waals surface area contributed by atoms with Gasteiger partial charge in [-0.15, -0.1) is 46.4 Å². The van der Waals surface area contributed by atoms with Crippen LogP contribution in [0.25, 0.3) is 0 Å². The van der Waals surface area contributed by atoms with Gasteiger partial charge in [0, 0.05) is 39.1 Å². The third-order valence-electron chi connectivity index (χ3n) is 5.82. The van der Waals surface area contributed by atoms with E-state index in [1.807, 2.05) is 127 Å². The van der Waals surface area contributed by atoms with Gasteiger partial charge in [-0.2, -0.15) is 10.5 Å². The maximum absolute atomic E-state index is 10.2. The second-order valence-corrected chi connectivity index (χ2v) is 16.7. The van der Waals surface area contributed by atoms with Gasteiger partial charge in [0.1, 0.15) is 12.1 Å². The molecule has 0 saturated heterocycles. The van der Waals surface area contributed by atoms with Gasteiger partial charge in [0.15, 0.2) is 0 Å². The average Bonchev–Trinajstić information content (AvgIpc) is 3.26. The van der Waals surface area contributed by atoms with Gasteiger partial charge in [-0.05, 0) is 185 Å². The quantitative estimate of drug-likeness (QED) is 0.0957. The number of nitriles is 2. The molecule has 6 aromatic rings. The van der Waals surface area contributed by atoms with E-state index >= 15 is 0 Å². The van der Waals surface area contributed by atoms with E-state index in [9.17, 15) is 39.6 Å². The Morgan fingerprint density at radius 3 is 0.781 bits per heavy atom. The Labute approximate surface area is 465 Å². The van der Waals surface area contributed by atoms with Crippen molar-refractivity contribution in [3.8, 4) is 12.1 Å². The SMILES string of the molecule is ClCCl.ClCCl.N#Cc1cccnc1.N#Cc1cccnc1.O=C([O-])c1cccc(I)c1.O=C([O-])c1cccc(I)c1.O=C([O-])c1cccc(I)c1.O=C([O-])c1cccc(I)c1.[Cu+2].[Cu+2]. The molecule has 0 unspecified atom stereocenters. The summed E-state index contributed by atoms with van der Waals surface area (Å²) in [6, 6.07) is 37.2. The van der Waals surface area contributed by atoms with Crippen molar-refractivity contribution in [3.05, 3.63) is 194 Å². The smallest absolute Gasteiger partial charge is 0.545 e. The molecule has 0 aliphatic rings. The summed E-state index contributed by atoms with van der Waals surface area (Å²) >= 11 is 27.2. The molecule has 0 spiro atoms. The molecule has 4 aromatic carbocycles. The molecule has 12 nitrogen and oxygen atoms in total. The molecule has 0 saturated carbocycles. The molecule has 2 heterocycles. The van der Waals surface area contributed by atoms with Crippen LogP contribution in [0.3, 0.4) is 0 Å². The number of alkyl halides is 4. The van der Waals surface area contributed by atoms with Crippen LogP contribution in [0.2, 0.25) is 0 Å². The molecule has 0 aliphatic carbocycles. The van der Waals surface area contributed by atoms with Crippen LogP contribution < -0.4 is 20.4 Å². The fourth-order valence-corrected chi connectivity index (χ4v) is 5.49.